The molecule has 7 heteroatoms. The summed E-state index contributed by atoms with van der Waals surface area (Å²) in [5.41, 5.74) is 0. The number of rotatable bonds is 5. The van der Waals surface area contributed by atoms with Gasteiger partial charge in [-0.15, -0.1) is 11.3 Å². The molecule has 0 bridgehead atoms. The van der Waals surface area contributed by atoms with Crippen molar-refractivity contribution in [2.75, 3.05) is 13.1 Å². The topological polar surface area (TPSA) is 79.4 Å². The maximum atomic E-state index is 12.1. The Morgan fingerprint density at radius 3 is 2.78 bits per heavy atom. The molecule has 1 saturated heterocycles. The maximum absolute atomic E-state index is 12.1. The summed E-state index contributed by atoms with van der Waals surface area (Å²) in [4.78, 5) is 41.8. The molecule has 2 amide bonds. The molecule has 0 spiro atoms. The van der Waals surface area contributed by atoms with Gasteiger partial charge in [0.2, 0.25) is 5.91 Å². The number of hydrogen-bond donors (Lipinski definition) is 1. The number of nitrogens with one attached hydrogen (secondary N) is 1. The first kappa shape index (κ1) is 16.1. The van der Waals surface area contributed by atoms with E-state index in [1.54, 1.807) is 0 Å². The van der Waals surface area contributed by atoms with E-state index < -0.39 is 0 Å². The smallest absolute Gasteiger partial charge is 0.263 e. The van der Waals surface area contributed by atoms with Crippen LogP contribution in [0.4, 0.5) is 0 Å². The number of carbonyl (C=O) groups excluding carboxylic acids is 3. The zero-order chi connectivity index (χ0) is 16.4. The summed E-state index contributed by atoms with van der Waals surface area (Å²) < 4.78 is 0. The third kappa shape index (κ3) is 3.60. The molecule has 1 aliphatic carbocycles. The van der Waals surface area contributed by atoms with E-state index in [2.05, 4.69) is 10.3 Å². The predicted molar refractivity (Wildman–Crippen MR) is 86.5 cm³/mol. The van der Waals surface area contributed by atoms with Gasteiger partial charge in [0, 0.05) is 38.4 Å². The molecule has 1 atom stereocenters. The molecule has 1 saturated carbocycles. The fraction of sp³-hybridized carbons (Fsp3) is 0.625. The Kier molecular flexibility index (Phi) is 4.75. The summed E-state index contributed by atoms with van der Waals surface area (Å²) >= 11 is 1.10. The predicted octanol–water partition coefficient (Wildman–Crippen LogP) is 1.87. The second-order valence-corrected chi connectivity index (χ2v) is 7.38. The van der Waals surface area contributed by atoms with Crippen molar-refractivity contribution in [1.82, 2.24) is 15.2 Å². The van der Waals surface area contributed by atoms with Crippen LogP contribution in [0, 0.1) is 5.92 Å². The van der Waals surface area contributed by atoms with Crippen LogP contribution in [-0.4, -0.2) is 46.6 Å². The van der Waals surface area contributed by atoms with Gasteiger partial charge >= 0.3 is 0 Å². The Balaban J connectivity index is 1.51. The Labute approximate surface area is 139 Å². The fourth-order valence-corrected chi connectivity index (χ4v) is 4.11. The lowest BCUT2D eigenvalue weighted by Crippen LogP contribution is -2.35. The van der Waals surface area contributed by atoms with Crippen LogP contribution in [0.5, 0.6) is 0 Å². The highest BCUT2D eigenvalue weighted by molar-refractivity contribution is 7.15. The molecule has 0 radical (unpaired) electrons. The van der Waals surface area contributed by atoms with Gasteiger partial charge < -0.3 is 10.2 Å². The largest absolute Gasteiger partial charge is 0.351 e. The molecule has 2 heterocycles. The summed E-state index contributed by atoms with van der Waals surface area (Å²) in [5, 5.41) is 3.21. The first-order valence-electron chi connectivity index (χ1n) is 8.09. The fourth-order valence-electron chi connectivity index (χ4n) is 3.38. The van der Waals surface area contributed by atoms with Crippen molar-refractivity contribution in [1.29, 1.82) is 0 Å². The molecule has 3 rings (SSSR count). The van der Waals surface area contributed by atoms with E-state index in [1.807, 2.05) is 4.90 Å². The van der Waals surface area contributed by atoms with E-state index in [9.17, 15) is 14.4 Å². The molecule has 1 N–H and O–H groups in total. The monoisotopic (exact) mass is 335 g/mol. The van der Waals surface area contributed by atoms with Crippen LogP contribution in [0.25, 0.3) is 0 Å². The van der Waals surface area contributed by atoms with Gasteiger partial charge in [0.25, 0.3) is 5.91 Å². The number of ketones is 1. The molecule has 0 unspecified atom stereocenters. The van der Waals surface area contributed by atoms with Crippen LogP contribution in [0.15, 0.2) is 6.20 Å². The van der Waals surface area contributed by atoms with Crippen molar-refractivity contribution < 1.29 is 14.4 Å². The lowest BCUT2D eigenvalue weighted by molar-refractivity contribution is -0.129. The molecule has 0 aromatic carbocycles. The van der Waals surface area contributed by atoms with Crippen molar-refractivity contribution in [2.24, 2.45) is 5.92 Å². The summed E-state index contributed by atoms with van der Waals surface area (Å²) in [6.45, 7) is 2.66. The van der Waals surface area contributed by atoms with Gasteiger partial charge in [0.1, 0.15) is 4.88 Å². The van der Waals surface area contributed by atoms with Crippen molar-refractivity contribution in [2.45, 2.75) is 45.1 Å². The molecular weight excluding hydrogens is 314 g/mol. The van der Waals surface area contributed by atoms with E-state index in [-0.39, 0.29) is 23.5 Å². The van der Waals surface area contributed by atoms with Gasteiger partial charge in [-0.25, -0.2) is 4.98 Å². The van der Waals surface area contributed by atoms with Crippen molar-refractivity contribution in [3.63, 3.8) is 0 Å². The zero-order valence-electron chi connectivity index (χ0n) is 13.2. The van der Waals surface area contributed by atoms with Crippen LogP contribution in [-0.2, 0) is 4.79 Å². The lowest BCUT2D eigenvalue weighted by Gasteiger charge is -2.24. The van der Waals surface area contributed by atoms with Gasteiger partial charge in [0.05, 0.1) is 6.20 Å². The van der Waals surface area contributed by atoms with Gasteiger partial charge in [-0.1, -0.05) is 12.8 Å². The lowest BCUT2D eigenvalue weighted by atomic mass is 10.1. The normalized spacial score (nSPS) is 21.9. The van der Waals surface area contributed by atoms with Gasteiger partial charge in [-0.2, -0.15) is 0 Å². The number of likely N-dealkylation sites (tertiary alicyclic amines) is 1. The molecular formula is C16H21N3O3S. The zero-order valence-corrected chi connectivity index (χ0v) is 14.0. The third-order valence-electron chi connectivity index (χ3n) is 4.59. The minimum atomic E-state index is -0.221. The van der Waals surface area contributed by atoms with Crippen LogP contribution in [0.3, 0.4) is 0 Å². The average molecular weight is 335 g/mol. The van der Waals surface area contributed by atoms with E-state index in [0.717, 1.165) is 30.7 Å². The van der Waals surface area contributed by atoms with E-state index in [1.165, 1.54) is 26.0 Å². The van der Waals surface area contributed by atoms with E-state index in [0.29, 0.717) is 28.9 Å². The summed E-state index contributed by atoms with van der Waals surface area (Å²) in [7, 11) is 0. The molecule has 1 aromatic heterocycles. The highest BCUT2D eigenvalue weighted by Gasteiger charge is 2.35. The molecule has 6 nitrogen and oxygen atoms in total. The minimum Gasteiger partial charge on any atom is -0.351 e. The number of nitrogens with zero attached hydrogens (tertiary/aromatic N) is 2. The van der Waals surface area contributed by atoms with Crippen LogP contribution in [0.2, 0.25) is 0 Å². The molecule has 2 fully saturated rings. The number of amides is 2. The first-order valence-corrected chi connectivity index (χ1v) is 8.90. The quantitative estimate of drug-likeness (QED) is 0.833. The highest BCUT2D eigenvalue weighted by atomic mass is 32.1. The van der Waals surface area contributed by atoms with Crippen molar-refractivity contribution in [3.8, 4) is 0 Å². The molecule has 124 valence electrons. The van der Waals surface area contributed by atoms with Crippen LogP contribution < -0.4 is 5.32 Å². The number of aromatic nitrogens is 1. The highest BCUT2D eigenvalue weighted by Crippen LogP contribution is 2.29. The molecule has 1 aliphatic heterocycles. The Morgan fingerprint density at radius 1 is 1.39 bits per heavy atom. The maximum Gasteiger partial charge on any atom is 0.263 e. The third-order valence-corrected chi connectivity index (χ3v) is 5.68. The Bertz CT molecular complexity index is 622. The second kappa shape index (κ2) is 6.78. The number of carbonyl (C=O) groups is 3. The summed E-state index contributed by atoms with van der Waals surface area (Å²) in [6, 6.07) is 0.405. The molecule has 1 aromatic rings. The van der Waals surface area contributed by atoms with Crippen molar-refractivity contribution >= 4 is 28.9 Å². The number of thiazole rings is 1. The number of hydrogen-bond acceptors (Lipinski definition) is 5. The molecule has 23 heavy (non-hydrogen) atoms. The average Bonchev–Trinajstić information content (AvgIpc) is 3.24. The summed E-state index contributed by atoms with van der Waals surface area (Å²) in [5.74, 6) is 0.0319. The van der Waals surface area contributed by atoms with Crippen LogP contribution >= 0.6 is 11.3 Å². The van der Waals surface area contributed by atoms with E-state index >= 15 is 0 Å². The van der Waals surface area contributed by atoms with Gasteiger partial charge in [-0.05, 0) is 12.8 Å². The SMILES string of the molecule is CC(=O)c1ncc(C(=O)NC[C@@H]2CC(=O)N(C3CCCC3)C2)s1. The molecule has 2 aliphatic rings. The van der Waals surface area contributed by atoms with Crippen molar-refractivity contribution in [3.05, 3.63) is 16.1 Å². The Morgan fingerprint density at radius 2 is 2.13 bits per heavy atom. The van der Waals surface area contributed by atoms with Gasteiger partial charge in [0.15, 0.2) is 10.8 Å². The number of Topliss-reactive ketones (excluding diaryl/α,β-unsaturated/α-hetero) is 1. The standard InChI is InChI=1S/C16H21N3O3S/c1-10(20)16-18-8-13(23-16)15(22)17-7-11-6-14(21)19(9-11)12-4-2-3-5-12/h8,11-12H,2-7,9H2,1H3,(H,17,22)/t11-/m0/s1. The van der Waals surface area contributed by atoms with Crippen LogP contribution in [0.1, 0.15) is 58.5 Å². The van der Waals surface area contributed by atoms with E-state index in [4.69, 9.17) is 0 Å². The second-order valence-electron chi connectivity index (χ2n) is 6.35. The minimum absolute atomic E-state index is 0.136. The first-order chi connectivity index (χ1) is 11.0. The Hall–Kier alpha value is -1.76. The summed E-state index contributed by atoms with van der Waals surface area (Å²) in [6.07, 6.45) is 6.58. The van der Waals surface area contributed by atoms with Gasteiger partial charge in [-0.3, -0.25) is 14.4 Å².